The third-order valence-electron chi connectivity index (χ3n) is 2.64. The van der Waals surface area contributed by atoms with Crippen molar-refractivity contribution in [2.75, 3.05) is 20.6 Å². The van der Waals surface area contributed by atoms with E-state index in [9.17, 15) is 4.79 Å². The molecule has 100 valence electrons. The molecule has 0 unspecified atom stereocenters. The van der Waals surface area contributed by atoms with Crippen molar-refractivity contribution < 1.29 is 4.79 Å². The molecule has 0 fully saturated rings. The fraction of sp³-hybridized carbons (Fsp3) is 0.533. The van der Waals surface area contributed by atoms with Gasteiger partial charge in [-0.25, -0.2) is 0 Å². The Kier molecular flexibility index (Phi) is 4.91. The standard InChI is InChI=1S/C15H24N2O/c1-12-7-6-8-13(9-12)10-14(18)16-15(2,3)11-17(4)5/h6-9H,10-11H2,1-5H3,(H,16,18). The molecule has 1 rings (SSSR count). The molecule has 1 amide bonds. The second-order valence-electron chi connectivity index (χ2n) is 5.84. The van der Waals surface area contributed by atoms with Gasteiger partial charge in [-0.2, -0.15) is 0 Å². The van der Waals surface area contributed by atoms with Gasteiger partial charge in [0.2, 0.25) is 5.91 Å². The van der Waals surface area contributed by atoms with Gasteiger partial charge in [0, 0.05) is 12.1 Å². The zero-order chi connectivity index (χ0) is 13.8. The highest BCUT2D eigenvalue weighted by molar-refractivity contribution is 5.79. The fourth-order valence-electron chi connectivity index (χ4n) is 2.26. The van der Waals surface area contributed by atoms with Crippen molar-refractivity contribution >= 4 is 5.91 Å². The third-order valence-corrected chi connectivity index (χ3v) is 2.64. The molecule has 0 saturated carbocycles. The summed E-state index contributed by atoms with van der Waals surface area (Å²) < 4.78 is 0. The van der Waals surface area contributed by atoms with Gasteiger partial charge in [-0.1, -0.05) is 29.8 Å². The lowest BCUT2D eigenvalue weighted by atomic mass is 10.0. The van der Waals surface area contributed by atoms with Crippen molar-refractivity contribution in [1.82, 2.24) is 10.2 Å². The lowest BCUT2D eigenvalue weighted by Crippen LogP contribution is -2.50. The fourth-order valence-corrected chi connectivity index (χ4v) is 2.26. The first-order valence-corrected chi connectivity index (χ1v) is 6.30. The summed E-state index contributed by atoms with van der Waals surface area (Å²) in [6.07, 6.45) is 0.443. The van der Waals surface area contributed by atoms with Crippen LogP contribution in [0.3, 0.4) is 0 Å². The maximum Gasteiger partial charge on any atom is 0.224 e. The van der Waals surface area contributed by atoms with Gasteiger partial charge in [0.05, 0.1) is 6.42 Å². The molecule has 0 spiro atoms. The molecule has 0 aliphatic heterocycles. The van der Waals surface area contributed by atoms with E-state index in [0.717, 1.165) is 12.1 Å². The van der Waals surface area contributed by atoms with Crippen molar-refractivity contribution in [3.8, 4) is 0 Å². The molecule has 1 N–H and O–H groups in total. The van der Waals surface area contributed by atoms with Gasteiger partial charge in [-0.15, -0.1) is 0 Å². The average Bonchev–Trinajstić information content (AvgIpc) is 2.13. The minimum atomic E-state index is -0.204. The van der Waals surface area contributed by atoms with Crippen LogP contribution in [0, 0.1) is 6.92 Å². The molecule has 0 aliphatic carbocycles. The minimum Gasteiger partial charge on any atom is -0.350 e. The predicted octanol–water partition coefficient (Wildman–Crippen LogP) is 1.99. The molecule has 3 heteroatoms. The highest BCUT2D eigenvalue weighted by atomic mass is 16.1. The first kappa shape index (κ1) is 14.7. The van der Waals surface area contributed by atoms with Crippen LogP contribution in [0.5, 0.6) is 0 Å². The van der Waals surface area contributed by atoms with Gasteiger partial charge >= 0.3 is 0 Å². The Morgan fingerprint density at radius 2 is 2.00 bits per heavy atom. The first-order chi connectivity index (χ1) is 8.28. The Labute approximate surface area is 110 Å². The molecule has 0 aliphatic rings. The molecular weight excluding hydrogens is 224 g/mol. The Morgan fingerprint density at radius 3 is 2.56 bits per heavy atom. The van der Waals surface area contributed by atoms with E-state index in [1.165, 1.54) is 5.56 Å². The topological polar surface area (TPSA) is 32.3 Å². The normalized spacial score (nSPS) is 11.7. The molecule has 0 bridgehead atoms. The highest BCUT2D eigenvalue weighted by Crippen LogP contribution is 2.07. The summed E-state index contributed by atoms with van der Waals surface area (Å²) >= 11 is 0. The van der Waals surface area contributed by atoms with Crippen LogP contribution >= 0.6 is 0 Å². The summed E-state index contributed by atoms with van der Waals surface area (Å²) in [6, 6.07) is 8.07. The van der Waals surface area contributed by atoms with Crippen molar-refractivity contribution in [2.45, 2.75) is 32.7 Å². The number of rotatable bonds is 5. The van der Waals surface area contributed by atoms with E-state index in [1.807, 2.05) is 53.1 Å². The summed E-state index contributed by atoms with van der Waals surface area (Å²) in [5, 5.41) is 3.07. The quantitative estimate of drug-likeness (QED) is 0.864. The predicted molar refractivity (Wildman–Crippen MR) is 75.7 cm³/mol. The summed E-state index contributed by atoms with van der Waals surface area (Å²) in [5.74, 6) is 0.0763. The van der Waals surface area contributed by atoms with Crippen molar-refractivity contribution in [2.24, 2.45) is 0 Å². The van der Waals surface area contributed by atoms with E-state index >= 15 is 0 Å². The van der Waals surface area contributed by atoms with Gasteiger partial charge in [0.1, 0.15) is 0 Å². The number of hydrogen-bond acceptors (Lipinski definition) is 2. The smallest absolute Gasteiger partial charge is 0.224 e. The van der Waals surface area contributed by atoms with Gasteiger partial charge < -0.3 is 10.2 Å². The molecule has 1 aromatic carbocycles. The molecule has 1 aromatic rings. The van der Waals surface area contributed by atoms with E-state index in [-0.39, 0.29) is 11.4 Å². The number of benzene rings is 1. The number of likely N-dealkylation sites (N-methyl/N-ethyl adjacent to an activating group) is 1. The molecule has 0 radical (unpaired) electrons. The number of nitrogens with one attached hydrogen (secondary N) is 1. The Balaban J connectivity index is 2.56. The lowest BCUT2D eigenvalue weighted by molar-refractivity contribution is -0.122. The second kappa shape index (κ2) is 6.01. The molecule has 0 saturated heterocycles. The Bertz CT molecular complexity index is 411. The SMILES string of the molecule is Cc1cccc(CC(=O)NC(C)(C)CN(C)C)c1. The van der Waals surface area contributed by atoms with Gasteiger partial charge in [0.15, 0.2) is 0 Å². The van der Waals surface area contributed by atoms with Crippen LogP contribution in [0.4, 0.5) is 0 Å². The largest absolute Gasteiger partial charge is 0.350 e. The van der Waals surface area contributed by atoms with Crippen LogP contribution in [0.15, 0.2) is 24.3 Å². The molecule has 3 nitrogen and oxygen atoms in total. The number of carbonyl (C=O) groups is 1. The summed E-state index contributed by atoms with van der Waals surface area (Å²) in [7, 11) is 4.02. The van der Waals surface area contributed by atoms with Crippen molar-refractivity contribution in [3.05, 3.63) is 35.4 Å². The van der Waals surface area contributed by atoms with Crippen LogP contribution in [0.25, 0.3) is 0 Å². The van der Waals surface area contributed by atoms with Crippen molar-refractivity contribution in [1.29, 1.82) is 0 Å². The number of amides is 1. The number of aryl methyl sites for hydroxylation is 1. The zero-order valence-corrected chi connectivity index (χ0v) is 12.1. The summed E-state index contributed by atoms with van der Waals surface area (Å²) in [4.78, 5) is 14.1. The number of carbonyl (C=O) groups excluding carboxylic acids is 1. The van der Waals surface area contributed by atoms with Crippen molar-refractivity contribution in [3.63, 3.8) is 0 Å². The Hall–Kier alpha value is -1.35. The van der Waals surface area contributed by atoms with E-state index in [1.54, 1.807) is 0 Å². The van der Waals surface area contributed by atoms with Crippen LogP contribution in [-0.4, -0.2) is 37.0 Å². The van der Waals surface area contributed by atoms with Gasteiger partial charge in [-0.05, 0) is 40.4 Å². The highest BCUT2D eigenvalue weighted by Gasteiger charge is 2.21. The van der Waals surface area contributed by atoms with Crippen LogP contribution in [0.1, 0.15) is 25.0 Å². The van der Waals surface area contributed by atoms with Gasteiger partial charge in [0.25, 0.3) is 0 Å². The summed E-state index contributed by atoms with van der Waals surface area (Å²) in [6.45, 7) is 6.95. The number of hydrogen-bond donors (Lipinski definition) is 1. The van der Waals surface area contributed by atoms with Crippen LogP contribution in [-0.2, 0) is 11.2 Å². The maximum absolute atomic E-state index is 12.0. The first-order valence-electron chi connectivity index (χ1n) is 6.30. The number of nitrogens with zero attached hydrogens (tertiary/aromatic N) is 1. The van der Waals surface area contributed by atoms with E-state index in [0.29, 0.717) is 6.42 Å². The zero-order valence-electron chi connectivity index (χ0n) is 12.1. The average molecular weight is 248 g/mol. The molecular formula is C15H24N2O. The van der Waals surface area contributed by atoms with Gasteiger partial charge in [-0.3, -0.25) is 4.79 Å². The molecule has 0 atom stereocenters. The Morgan fingerprint density at radius 1 is 1.33 bits per heavy atom. The second-order valence-corrected chi connectivity index (χ2v) is 5.84. The molecule has 0 heterocycles. The lowest BCUT2D eigenvalue weighted by Gasteiger charge is -2.29. The summed E-state index contributed by atoms with van der Waals surface area (Å²) in [5.41, 5.74) is 2.05. The molecule has 0 aromatic heterocycles. The molecule has 18 heavy (non-hydrogen) atoms. The van der Waals surface area contributed by atoms with Crippen LogP contribution in [0.2, 0.25) is 0 Å². The maximum atomic E-state index is 12.0. The van der Waals surface area contributed by atoms with E-state index in [2.05, 4.69) is 16.3 Å². The minimum absolute atomic E-state index is 0.0763. The monoisotopic (exact) mass is 248 g/mol. The van der Waals surface area contributed by atoms with Crippen LogP contribution < -0.4 is 5.32 Å². The van der Waals surface area contributed by atoms with E-state index in [4.69, 9.17) is 0 Å². The third kappa shape index (κ3) is 5.32. The van der Waals surface area contributed by atoms with E-state index < -0.39 is 0 Å².